The maximum atomic E-state index is 12.4. The minimum atomic E-state index is -0.484. The Morgan fingerprint density at radius 2 is 2.07 bits per heavy atom. The Hall–Kier alpha value is -2.55. The highest BCUT2D eigenvalue weighted by molar-refractivity contribution is 8.14. The van der Waals surface area contributed by atoms with E-state index in [0.717, 1.165) is 22.2 Å². The third kappa shape index (κ3) is 4.08. The molecule has 0 bridgehead atoms. The molecule has 0 radical (unpaired) electrons. The molecule has 2 aliphatic rings. The summed E-state index contributed by atoms with van der Waals surface area (Å²) in [5.41, 5.74) is 1.65. The van der Waals surface area contributed by atoms with Gasteiger partial charge in [0.25, 0.3) is 5.24 Å². The largest absolute Gasteiger partial charge is 0.495 e. The van der Waals surface area contributed by atoms with Crippen molar-refractivity contribution in [3.05, 3.63) is 23.8 Å². The third-order valence-electron chi connectivity index (χ3n) is 4.60. The van der Waals surface area contributed by atoms with Crippen molar-refractivity contribution in [2.75, 3.05) is 37.4 Å². The van der Waals surface area contributed by atoms with Gasteiger partial charge in [0.2, 0.25) is 17.7 Å². The van der Waals surface area contributed by atoms with Gasteiger partial charge < -0.3 is 15.0 Å². The van der Waals surface area contributed by atoms with Crippen molar-refractivity contribution in [3.8, 4) is 5.75 Å². The first-order chi connectivity index (χ1) is 12.9. The molecule has 1 atom stereocenters. The molecule has 2 saturated heterocycles. The Morgan fingerprint density at radius 3 is 2.74 bits per heavy atom. The number of imide groups is 1. The zero-order valence-electron chi connectivity index (χ0n) is 15.2. The minimum Gasteiger partial charge on any atom is -0.495 e. The van der Waals surface area contributed by atoms with Gasteiger partial charge in [-0.25, -0.2) is 0 Å². The SMILES string of the molecule is COc1ccc(C)cc1N1CC(C(=O)NCCN2C(=O)CSC2=O)CC1=O. The summed E-state index contributed by atoms with van der Waals surface area (Å²) >= 11 is 0.962. The van der Waals surface area contributed by atoms with Crippen LogP contribution in [0.2, 0.25) is 0 Å². The van der Waals surface area contributed by atoms with Crippen LogP contribution >= 0.6 is 11.8 Å². The van der Waals surface area contributed by atoms with E-state index in [1.54, 1.807) is 11.0 Å². The molecule has 2 heterocycles. The Kier molecular flexibility index (Phi) is 5.69. The number of methoxy groups -OCH3 is 1. The van der Waals surface area contributed by atoms with Crippen LogP contribution in [0.1, 0.15) is 12.0 Å². The van der Waals surface area contributed by atoms with Gasteiger partial charge in [-0.05, 0) is 24.6 Å². The molecule has 1 aromatic carbocycles. The van der Waals surface area contributed by atoms with E-state index in [4.69, 9.17) is 4.74 Å². The number of hydrogen-bond donors (Lipinski definition) is 1. The molecule has 2 aliphatic heterocycles. The quantitative estimate of drug-likeness (QED) is 0.782. The van der Waals surface area contributed by atoms with Crippen molar-refractivity contribution >= 4 is 40.4 Å². The van der Waals surface area contributed by atoms with Crippen molar-refractivity contribution < 1.29 is 23.9 Å². The summed E-state index contributed by atoms with van der Waals surface area (Å²) in [4.78, 5) is 50.6. The summed E-state index contributed by atoms with van der Waals surface area (Å²) < 4.78 is 5.33. The zero-order chi connectivity index (χ0) is 19.6. The fraction of sp³-hybridized carbons (Fsp3) is 0.444. The predicted molar refractivity (Wildman–Crippen MR) is 101 cm³/mol. The molecule has 1 aromatic rings. The number of hydrogen-bond acceptors (Lipinski definition) is 6. The number of nitrogens with one attached hydrogen (secondary N) is 1. The molecule has 1 unspecified atom stereocenters. The Balaban J connectivity index is 1.58. The Labute approximate surface area is 161 Å². The summed E-state index contributed by atoms with van der Waals surface area (Å²) in [6, 6.07) is 5.55. The summed E-state index contributed by atoms with van der Waals surface area (Å²) in [6.07, 6.45) is 0.111. The molecular weight excluding hydrogens is 370 g/mol. The molecule has 144 valence electrons. The van der Waals surface area contributed by atoms with Crippen LogP contribution in [0.4, 0.5) is 10.5 Å². The number of amides is 4. The second kappa shape index (κ2) is 7.99. The van der Waals surface area contributed by atoms with Gasteiger partial charge in [-0.15, -0.1) is 0 Å². The molecule has 0 aliphatic carbocycles. The van der Waals surface area contributed by atoms with Crippen LogP contribution < -0.4 is 15.0 Å². The summed E-state index contributed by atoms with van der Waals surface area (Å²) in [7, 11) is 1.54. The van der Waals surface area contributed by atoms with Crippen molar-refractivity contribution in [3.63, 3.8) is 0 Å². The number of anilines is 1. The van der Waals surface area contributed by atoms with Gasteiger partial charge in [0.1, 0.15) is 5.75 Å². The minimum absolute atomic E-state index is 0.111. The van der Waals surface area contributed by atoms with Gasteiger partial charge in [0.15, 0.2) is 0 Å². The molecule has 2 fully saturated rings. The molecule has 1 N–H and O–H groups in total. The second-order valence-electron chi connectivity index (χ2n) is 6.47. The van der Waals surface area contributed by atoms with Gasteiger partial charge in [-0.1, -0.05) is 17.8 Å². The van der Waals surface area contributed by atoms with Gasteiger partial charge in [0.05, 0.1) is 24.5 Å². The fourth-order valence-electron chi connectivity index (χ4n) is 3.16. The molecule has 27 heavy (non-hydrogen) atoms. The van der Waals surface area contributed by atoms with Crippen LogP contribution in [0.25, 0.3) is 0 Å². The Bertz CT molecular complexity index is 781. The molecular formula is C18H21N3O5S. The van der Waals surface area contributed by atoms with E-state index in [2.05, 4.69) is 5.32 Å². The molecule has 0 aromatic heterocycles. The van der Waals surface area contributed by atoms with Crippen LogP contribution in [-0.2, 0) is 14.4 Å². The zero-order valence-corrected chi connectivity index (χ0v) is 16.0. The highest BCUT2D eigenvalue weighted by Gasteiger charge is 2.36. The normalized spacial score (nSPS) is 19.8. The van der Waals surface area contributed by atoms with Crippen LogP contribution in [0.15, 0.2) is 18.2 Å². The van der Waals surface area contributed by atoms with Crippen LogP contribution in [0.5, 0.6) is 5.75 Å². The molecule has 9 heteroatoms. The number of nitrogens with zero attached hydrogens (tertiary/aromatic N) is 2. The van der Waals surface area contributed by atoms with Crippen LogP contribution in [-0.4, -0.2) is 60.4 Å². The number of ether oxygens (including phenoxy) is 1. The highest BCUT2D eigenvalue weighted by Crippen LogP contribution is 2.33. The van der Waals surface area contributed by atoms with E-state index in [-0.39, 0.29) is 54.8 Å². The van der Waals surface area contributed by atoms with E-state index >= 15 is 0 Å². The highest BCUT2D eigenvalue weighted by atomic mass is 32.2. The average Bonchev–Trinajstić information content (AvgIpc) is 3.18. The number of thioether (sulfide) groups is 1. The van der Waals surface area contributed by atoms with E-state index in [0.29, 0.717) is 11.4 Å². The van der Waals surface area contributed by atoms with Crippen LogP contribution in [0, 0.1) is 12.8 Å². The number of carbonyl (C=O) groups is 4. The van der Waals surface area contributed by atoms with Crippen molar-refractivity contribution in [1.29, 1.82) is 0 Å². The first-order valence-corrected chi connectivity index (χ1v) is 9.59. The van der Waals surface area contributed by atoms with E-state index in [9.17, 15) is 19.2 Å². The molecule has 4 amide bonds. The number of benzene rings is 1. The lowest BCUT2D eigenvalue weighted by Crippen LogP contribution is -2.40. The van der Waals surface area contributed by atoms with E-state index in [1.807, 2.05) is 19.1 Å². The van der Waals surface area contributed by atoms with Crippen molar-refractivity contribution in [2.24, 2.45) is 5.92 Å². The summed E-state index contributed by atoms with van der Waals surface area (Å²) in [5, 5.41) is 2.43. The van der Waals surface area contributed by atoms with E-state index < -0.39 is 5.92 Å². The molecule has 3 rings (SSSR count). The number of rotatable bonds is 6. The average molecular weight is 391 g/mol. The number of carbonyl (C=O) groups excluding carboxylic acids is 4. The first kappa shape index (κ1) is 19.2. The van der Waals surface area contributed by atoms with Gasteiger partial charge in [0, 0.05) is 26.1 Å². The number of aryl methyl sites for hydroxylation is 1. The predicted octanol–water partition coefficient (Wildman–Crippen LogP) is 1.17. The lowest BCUT2D eigenvalue weighted by atomic mass is 10.1. The lowest BCUT2D eigenvalue weighted by Gasteiger charge is -2.20. The monoisotopic (exact) mass is 391 g/mol. The summed E-state index contributed by atoms with van der Waals surface area (Å²) in [5.74, 6) is -0.393. The molecule has 0 saturated carbocycles. The maximum absolute atomic E-state index is 12.4. The lowest BCUT2D eigenvalue weighted by molar-refractivity contribution is -0.127. The third-order valence-corrected chi connectivity index (χ3v) is 5.45. The molecule has 0 spiro atoms. The Morgan fingerprint density at radius 1 is 1.30 bits per heavy atom. The topological polar surface area (TPSA) is 96.0 Å². The smallest absolute Gasteiger partial charge is 0.288 e. The maximum Gasteiger partial charge on any atom is 0.288 e. The standard InChI is InChI=1S/C18H21N3O5S/c1-11-3-4-14(26-2)13(7-11)21-9-12(8-15(21)22)17(24)19-5-6-20-16(23)10-27-18(20)25/h3-4,7,12H,5-6,8-10H2,1-2H3,(H,19,24). The van der Waals surface area contributed by atoms with Crippen molar-refractivity contribution in [1.82, 2.24) is 10.2 Å². The summed E-state index contributed by atoms with van der Waals surface area (Å²) in [6.45, 7) is 2.51. The van der Waals surface area contributed by atoms with Gasteiger partial charge >= 0.3 is 0 Å². The van der Waals surface area contributed by atoms with E-state index in [1.165, 1.54) is 7.11 Å². The first-order valence-electron chi connectivity index (χ1n) is 8.60. The second-order valence-corrected chi connectivity index (χ2v) is 7.40. The fourth-order valence-corrected chi connectivity index (χ4v) is 3.91. The van der Waals surface area contributed by atoms with Gasteiger partial charge in [-0.2, -0.15) is 0 Å². The van der Waals surface area contributed by atoms with Crippen LogP contribution in [0.3, 0.4) is 0 Å². The van der Waals surface area contributed by atoms with Gasteiger partial charge in [-0.3, -0.25) is 24.1 Å². The molecule has 8 nitrogen and oxygen atoms in total. The van der Waals surface area contributed by atoms with Crippen molar-refractivity contribution in [2.45, 2.75) is 13.3 Å².